The Labute approximate surface area is 182 Å². The first kappa shape index (κ1) is 23.0. The predicted octanol–water partition coefficient (Wildman–Crippen LogP) is 3.46. The van der Waals surface area contributed by atoms with Crippen molar-refractivity contribution in [1.29, 1.82) is 0 Å². The van der Waals surface area contributed by atoms with Crippen molar-refractivity contribution in [1.82, 2.24) is 10.2 Å². The second-order valence-corrected chi connectivity index (χ2v) is 8.54. The van der Waals surface area contributed by atoms with Gasteiger partial charge in [0.05, 0.1) is 32.0 Å². The number of likely N-dealkylation sites (tertiary alicyclic amines) is 1. The summed E-state index contributed by atoms with van der Waals surface area (Å²) >= 11 is 0. The molecule has 0 amide bonds. The molecular formula is C24H39N3O3. The van der Waals surface area contributed by atoms with E-state index in [0.29, 0.717) is 24.7 Å². The molecule has 2 aliphatic heterocycles. The number of nitrogens with one attached hydrogen (secondary N) is 1. The molecule has 3 rings (SSSR count). The molecule has 1 aromatic carbocycles. The van der Waals surface area contributed by atoms with E-state index in [2.05, 4.69) is 34.3 Å². The summed E-state index contributed by atoms with van der Waals surface area (Å²) < 4.78 is 17.8. The largest absolute Gasteiger partial charge is 0.376 e. The van der Waals surface area contributed by atoms with E-state index in [-0.39, 0.29) is 0 Å². The molecule has 0 saturated carbocycles. The fourth-order valence-electron chi connectivity index (χ4n) is 4.03. The van der Waals surface area contributed by atoms with E-state index in [4.69, 9.17) is 14.2 Å². The fraction of sp³-hybridized carbons (Fsp3) is 0.708. The number of hydrogen-bond acceptors (Lipinski definition) is 4. The molecule has 0 bridgehead atoms. The quantitative estimate of drug-likeness (QED) is 0.493. The molecule has 168 valence electrons. The minimum Gasteiger partial charge on any atom is -0.376 e. The summed E-state index contributed by atoms with van der Waals surface area (Å²) in [5.41, 5.74) is 1.22. The number of rotatable bonds is 9. The number of guanidine groups is 1. The van der Waals surface area contributed by atoms with Gasteiger partial charge in [0.25, 0.3) is 0 Å². The highest BCUT2D eigenvalue weighted by atomic mass is 16.5. The van der Waals surface area contributed by atoms with Gasteiger partial charge in [-0.1, -0.05) is 37.3 Å². The van der Waals surface area contributed by atoms with E-state index in [0.717, 1.165) is 64.7 Å². The molecule has 1 N–H and O–H groups in total. The van der Waals surface area contributed by atoms with Gasteiger partial charge in [-0.25, -0.2) is 0 Å². The lowest BCUT2D eigenvalue weighted by Crippen LogP contribution is -2.48. The van der Waals surface area contributed by atoms with E-state index in [1.165, 1.54) is 18.4 Å². The van der Waals surface area contributed by atoms with Crippen LogP contribution in [0.4, 0.5) is 0 Å². The maximum atomic E-state index is 6.13. The Morgan fingerprint density at radius 2 is 2.00 bits per heavy atom. The molecule has 6 nitrogen and oxygen atoms in total. The van der Waals surface area contributed by atoms with E-state index in [1.807, 2.05) is 25.2 Å². The monoisotopic (exact) mass is 417 g/mol. The highest BCUT2D eigenvalue weighted by molar-refractivity contribution is 5.79. The maximum Gasteiger partial charge on any atom is 0.193 e. The van der Waals surface area contributed by atoms with Gasteiger partial charge >= 0.3 is 0 Å². The van der Waals surface area contributed by atoms with Crippen LogP contribution in [0.25, 0.3) is 0 Å². The summed E-state index contributed by atoms with van der Waals surface area (Å²) in [5, 5.41) is 3.52. The summed E-state index contributed by atoms with van der Waals surface area (Å²) in [4.78, 5) is 6.83. The number of aliphatic imine (C=N–C) groups is 1. The van der Waals surface area contributed by atoms with E-state index >= 15 is 0 Å². The van der Waals surface area contributed by atoms with E-state index < -0.39 is 0 Å². The van der Waals surface area contributed by atoms with Crippen molar-refractivity contribution in [3.05, 3.63) is 35.9 Å². The minimum absolute atomic E-state index is 0.303. The van der Waals surface area contributed by atoms with Crippen LogP contribution in [0.2, 0.25) is 0 Å². The summed E-state index contributed by atoms with van der Waals surface area (Å²) in [7, 11) is 1.86. The molecule has 2 fully saturated rings. The number of piperidine rings is 1. The van der Waals surface area contributed by atoms with Crippen LogP contribution in [0.5, 0.6) is 0 Å². The molecule has 2 atom stereocenters. The number of ether oxygens (including phenoxy) is 3. The van der Waals surface area contributed by atoms with Gasteiger partial charge in [0, 0.05) is 33.3 Å². The Hall–Kier alpha value is -1.63. The van der Waals surface area contributed by atoms with Gasteiger partial charge in [0.2, 0.25) is 0 Å². The number of hydrogen-bond donors (Lipinski definition) is 1. The minimum atomic E-state index is 0.303. The SMILES string of the molecule is CN=C(NCC(C)COCc1ccccc1)N1CCC(OCC2CCCCO2)CC1. The predicted molar refractivity (Wildman–Crippen MR) is 121 cm³/mol. The molecule has 0 radical (unpaired) electrons. The lowest BCUT2D eigenvalue weighted by Gasteiger charge is -2.35. The Balaban J connectivity index is 1.29. The van der Waals surface area contributed by atoms with E-state index in [1.54, 1.807) is 0 Å². The third-order valence-corrected chi connectivity index (χ3v) is 5.87. The molecule has 1 aromatic rings. The summed E-state index contributed by atoms with van der Waals surface area (Å²) in [6.45, 7) is 8.07. The Morgan fingerprint density at radius 1 is 1.20 bits per heavy atom. The van der Waals surface area contributed by atoms with Crippen LogP contribution in [-0.4, -0.2) is 69.6 Å². The fourth-order valence-corrected chi connectivity index (χ4v) is 4.03. The van der Waals surface area contributed by atoms with Crippen LogP contribution in [0.15, 0.2) is 35.3 Å². The molecule has 30 heavy (non-hydrogen) atoms. The molecule has 2 heterocycles. The molecule has 2 aliphatic rings. The summed E-state index contributed by atoms with van der Waals surface area (Å²) in [5.74, 6) is 1.40. The second-order valence-electron chi connectivity index (χ2n) is 8.54. The van der Waals surface area contributed by atoms with Crippen molar-refractivity contribution >= 4 is 5.96 Å². The topological polar surface area (TPSA) is 55.3 Å². The smallest absolute Gasteiger partial charge is 0.193 e. The van der Waals surface area contributed by atoms with Gasteiger partial charge in [-0.15, -0.1) is 0 Å². The normalized spacial score (nSPS) is 22.1. The van der Waals surface area contributed by atoms with Gasteiger partial charge in [-0.05, 0) is 43.6 Å². The molecule has 0 aromatic heterocycles. The van der Waals surface area contributed by atoms with Crippen molar-refractivity contribution in [3.63, 3.8) is 0 Å². The third kappa shape index (κ3) is 7.89. The van der Waals surface area contributed by atoms with Crippen molar-refractivity contribution in [2.75, 3.05) is 46.5 Å². The van der Waals surface area contributed by atoms with E-state index in [9.17, 15) is 0 Å². The van der Waals surface area contributed by atoms with Crippen LogP contribution >= 0.6 is 0 Å². The van der Waals surface area contributed by atoms with Crippen LogP contribution < -0.4 is 5.32 Å². The molecule has 6 heteroatoms. The average Bonchev–Trinajstić information content (AvgIpc) is 2.80. The molecular weight excluding hydrogens is 378 g/mol. The molecule has 2 saturated heterocycles. The van der Waals surface area contributed by atoms with Gasteiger partial charge in [0.1, 0.15) is 0 Å². The van der Waals surface area contributed by atoms with Crippen molar-refractivity contribution in [2.45, 2.75) is 57.8 Å². The lowest BCUT2D eigenvalue weighted by molar-refractivity contribution is -0.0721. The second kappa shape index (κ2) is 12.9. The number of nitrogens with zero attached hydrogens (tertiary/aromatic N) is 2. The van der Waals surface area contributed by atoms with Crippen molar-refractivity contribution in [2.24, 2.45) is 10.9 Å². The van der Waals surface area contributed by atoms with Gasteiger partial charge < -0.3 is 24.4 Å². The third-order valence-electron chi connectivity index (χ3n) is 5.87. The van der Waals surface area contributed by atoms with Gasteiger partial charge in [-0.2, -0.15) is 0 Å². The van der Waals surface area contributed by atoms with Crippen molar-refractivity contribution in [3.8, 4) is 0 Å². The Morgan fingerprint density at radius 3 is 2.70 bits per heavy atom. The Bertz CT molecular complexity index is 611. The molecule has 0 spiro atoms. The van der Waals surface area contributed by atoms with Crippen LogP contribution in [-0.2, 0) is 20.8 Å². The average molecular weight is 418 g/mol. The first-order chi connectivity index (χ1) is 14.7. The maximum absolute atomic E-state index is 6.13. The molecule has 0 aliphatic carbocycles. The summed E-state index contributed by atoms with van der Waals surface area (Å²) in [6.07, 6.45) is 6.34. The highest BCUT2D eigenvalue weighted by Crippen LogP contribution is 2.18. The first-order valence-electron chi connectivity index (χ1n) is 11.5. The zero-order valence-electron chi connectivity index (χ0n) is 18.7. The zero-order chi connectivity index (χ0) is 21.0. The zero-order valence-corrected chi connectivity index (χ0v) is 18.7. The Kier molecular flexibility index (Phi) is 9.93. The van der Waals surface area contributed by atoms with Crippen molar-refractivity contribution < 1.29 is 14.2 Å². The lowest BCUT2D eigenvalue weighted by atomic mass is 10.1. The standard InChI is InChI=1S/C24H39N3O3/c1-20(17-28-18-21-8-4-3-5-9-21)16-26-24(25-2)27-13-11-22(12-14-27)30-19-23-10-6-7-15-29-23/h3-5,8-9,20,22-23H,6-7,10-19H2,1-2H3,(H,25,26). The van der Waals surface area contributed by atoms with Gasteiger partial charge in [-0.3, -0.25) is 4.99 Å². The number of benzene rings is 1. The highest BCUT2D eigenvalue weighted by Gasteiger charge is 2.24. The first-order valence-corrected chi connectivity index (χ1v) is 11.5. The van der Waals surface area contributed by atoms with Crippen LogP contribution in [0.3, 0.4) is 0 Å². The van der Waals surface area contributed by atoms with Crippen LogP contribution in [0.1, 0.15) is 44.6 Å². The van der Waals surface area contributed by atoms with Crippen LogP contribution in [0, 0.1) is 5.92 Å². The molecule has 2 unspecified atom stereocenters. The summed E-state index contributed by atoms with van der Waals surface area (Å²) in [6, 6.07) is 10.3. The van der Waals surface area contributed by atoms with Gasteiger partial charge in [0.15, 0.2) is 5.96 Å².